The first-order valence-corrected chi connectivity index (χ1v) is 17.0. The Kier molecular flexibility index (Phi) is 7.53. The molecule has 2 fully saturated rings. The monoisotopic (exact) mass is 740 g/mol. The van der Waals surface area contributed by atoms with Crippen molar-refractivity contribution in [2.24, 2.45) is 11.8 Å². The maximum atomic E-state index is 16.1. The van der Waals surface area contributed by atoms with Gasteiger partial charge in [0.2, 0.25) is 11.8 Å². The number of carbonyl (C=O) groups excluding carboxylic acids is 3. The van der Waals surface area contributed by atoms with Gasteiger partial charge in [0.05, 0.1) is 41.8 Å². The van der Waals surface area contributed by atoms with Gasteiger partial charge in [0.15, 0.2) is 5.78 Å². The van der Waals surface area contributed by atoms with Crippen LogP contribution in [0.4, 0.5) is 11.4 Å². The summed E-state index contributed by atoms with van der Waals surface area (Å²) in [5.74, 6) is -2.92. The number of nitro groups is 1. The van der Waals surface area contributed by atoms with Crippen LogP contribution in [0.2, 0.25) is 0 Å². The minimum Gasteiger partial charge on any atom is -0.497 e. The minimum absolute atomic E-state index is 0.150. The standard InChI is InChI=1S/C41H29BrN2O7/c1-50-29-18-13-24(14-19-29)33-34(25-15-20-30(51-2)21-16-25)41(27-11-7-4-8-12-27)36-35(40(33,39(41)47)26-9-5-3-6-10-26)37(45)43(38(36)46)31-22-17-28(42)23-32(31)44(48)49/h3-23,35-36H,1-2H3/t35-,36+,40+,41-. The number of amides is 2. The average molecular weight is 742 g/mol. The Balaban J connectivity index is 1.54. The molecular weight excluding hydrogens is 712 g/mol. The molecule has 1 saturated carbocycles. The Hall–Kier alpha value is -5.87. The summed E-state index contributed by atoms with van der Waals surface area (Å²) in [7, 11) is 3.13. The number of ether oxygens (including phenoxy) is 2. The number of hydrogen-bond acceptors (Lipinski definition) is 7. The third-order valence-electron chi connectivity index (χ3n) is 10.6. The zero-order valence-electron chi connectivity index (χ0n) is 27.4. The van der Waals surface area contributed by atoms with E-state index in [2.05, 4.69) is 15.9 Å². The number of nitrogens with zero attached hydrogens (tertiary/aromatic N) is 2. The van der Waals surface area contributed by atoms with Crippen molar-refractivity contribution >= 4 is 56.0 Å². The van der Waals surface area contributed by atoms with E-state index >= 15 is 14.4 Å². The molecule has 4 atom stereocenters. The summed E-state index contributed by atoms with van der Waals surface area (Å²) in [5.41, 5.74) is -0.291. The summed E-state index contributed by atoms with van der Waals surface area (Å²) >= 11 is 3.29. The van der Waals surface area contributed by atoms with E-state index in [-0.39, 0.29) is 11.5 Å². The minimum atomic E-state index is -1.67. The van der Waals surface area contributed by atoms with Crippen LogP contribution in [-0.2, 0) is 25.2 Å². The number of imide groups is 1. The number of Topliss-reactive ketones (excluding diaryl/α,β-unsaturated/α-hetero) is 1. The highest BCUT2D eigenvalue weighted by molar-refractivity contribution is 9.10. The van der Waals surface area contributed by atoms with E-state index in [0.717, 1.165) is 4.90 Å². The van der Waals surface area contributed by atoms with Gasteiger partial charge >= 0.3 is 0 Å². The van der Waals surface area contributed by atoms with Crippen molar-refractivity contribution in [2.45, 2.75) is 10.8 Å². The Morgan fingerprint density at radius 3 is 1.47 bits per heavy atom. The Labute approximate surface area is 301 Å². The molecule has 5 aromatic carbocycles. The van der Waals surface area contributed by atoms with Crippen LogP contribution in [0, 0.1) is 22.0 Å². The lowest BCUT2D eigenvalue weighted by molar-refractivity contribution is -0.384. The van der Waals surface area contributed by atoms with Gasteiger partial charge in [0, 0.05) is 10.5 Å². The van der Waals surface area contributed by atoms with Gasteiger partial charge in [-0.05, 0) is 69.8 Å². The first kappa shape index (κ1) is 32.3. The summed E-state index contributed by atoms with van der Waals surface area (Å²) in [6.45, 7) is 0. The summed E-state index contributed by atoms with van der Waals surface area (Å²) in [4.78, 5) is 59.2. The van der Waals surface area contributed by atoms with E-state index in [9.17, 15) is 10.1 Å². The smallest absolute Gasteiger partial charge is 0.294 e. The molecule has 0 N–H and O–H groups in total. The number of nitro benzene ring substituents is 1. The van der Waals surface area contributed by atoms with Crippen molar-refractivity contribution in [3.05, 3.63) is 164 Å². The Morgan fingerprint density at radius 1 is 0.647 bits per heavy atom. The molecule has 1 heterocycles. The maximum Gasteiger partial charge on any atom is 0.294 e. The second-order valence-electron chi connectivity index (χ2n) is 12.7. The van der Waals surface area contributed by atoms with Gasteiger partial charge in [-0.25, -0.2) is 4.90 Å². The molecule has 252 valence electrons. The summed E-state index contributed by atoms with van der Waals surface area (Å²) < 4.78 is 11.4. The zero-order chi connectivity index (χ0) is 35.7. The fourth-order valence-electron chi connectivity index (χ4n) is 8.71. The highest BCUT2D eigenvalue weighted by atomic mass is 79.9. The quantitative estimate of drug-likeness (QED) is 0.0916. The molecule has 1 saturated heterocycles. The first-order chi connectivity index (χ1) is 24.7. The maximum absolute atomic E-state index is 16.1. The molecule has 0 aromatic heterocycles. The fourth-order valence-corrected chi connectivity index (χ4v) is 9.06. The van der Waals surface area contributed by atoms with Crippen LogP contribution in [0.5, 0.6) is 11.5 Å². The highest BCUT2D eigenvalue weighted by Gasteiger charge is 2.83. The molecule has 8 rings (SSSR count). The van der Waals surface area contributed by atoms with Gasteiger partial charge < -0.3 is 9.47 Å². The normalized spacial score (nSPS) is 23.5. The molecular formula is C41H29BrN2O7. The van der Waals surface area contributed by atoms with Crippen LogP contribution in [0.15, 0.2) is 132 Å². The molecule has 3 aliphatic rings. The number of anilines is 1. The third-order valence-corrected chi connectivity index (χ3v) is 11.1. The number of methoxy groups -OCH3 is 2. The van der Waals surface area contributed by atoms with E-state index in [1.54, 1.807) is 44.6 Å². The van der Waals surface area contributed by atoms with Crippen molar-refractivity contribution in [1.29, 1.82) is 0 Å². The lowest BCUT2D eigenvalue weighted by Crippen LogP contribution is -2.45. The fraction of sp³-hybridized carbons (Fsp3) is 0.146. The highest BCUT2D eigenvalue weighted by Crippen LogP contribution is 2.74. The Bertz CT molecular complexity index is 2160. The number of fused-ring (bicyclic) bond motifs is 5. The van der Waals surface area contributed by atoms with Crippen LogP contribution in [0.1, 0.15) is 22.3 Å². The van der Waals surface area contributed by atoms with Crippen molar-refractivity contribution < 1.29 is 28.8 Å². The molecule has 9 nitrogen and oxygen atoms in total. The predicted octanol–water partition coefficient (Wildman–Crippen LogP) is 7.56. The van der Waals surface area contributed by atoms with Crippen LogP contribution in [0.25, 0.3) is 11.1 Å². The number of rotatable bonds is 8. The van der Waals surface area contributed by atoms with Crippen molar-refractivity contribution in [1.82, 2.24) is 0 Å². The van der Waals surface area contributed by atoms with Crippen molar-refractivity contribution in [2.75, 3.05) is 19.1 Å². The van der Waals surface area contributed by atoms with Crippen molar-refractivity contribution in [3.63, 3.8) is 0 Å². The number of ketones is 1. The summed E-state index contributed by atoms with van der Waals surface area (Å²) in [6, 6.07) is 37.1. The molecule has 0 unspecified atom stereocenters. The second-order valence-corrected chi connectivity index (χ2v) is 13.7. The average Bonchev–Trinajstić information content (AvgIpc) is 3.67. The molecule has 0 spiro atoms. The molecule has 2 aliphatic carbocycles. The number of hydrogen-bond donors (Lipinski definition) is 0. The molecule has 51 heavy (non-hydrogen) atoms. The van der Waals surface area contributed by atoms with E-state index < -0.39 is 45.1 Å². The van der Waals surface area contributed by atoms with Gasteiger partial charge in [-0.2, -0.15) is 0 Å². The largest absolute Gasteiger partial charge is 0.497 e. The van der Waals surface area contributed by atoms with Crippen LogP contribution in [-0.4, -0.2) is 36.7 Å². The summed E-state index contributed by atoms with van der Waals surface area (Å²) in [6.07, 6.45) is 0. The first-order valence-electron chi connectivity index (χ1n) is 16.2. The van der Waals surface area contributed by atoms with E-state index in [1.165, 1.54) is 12.1 Å². The lowest BCUT2D eigenvalue weighted by Gasteiger charge is -2.39. The third kappa shape index (κ3) is 4.29. The van der Waals surface area contributed by atoms with E-state index in [0.29, 0.717) is 49.4 Å². The molecule has 2 bridgehead atoms. The molecule has 10 heteroatoms. The predicted molar refractivity (Wildman–Crippen MR) is 194 cm³/mol. The van der Waals surface area contributed by atoms with Gasteiger partial charge in [-0.15, -0.1) is 0 Å². The SMILES string of the molecule is COc1ccc(C2=C(c3ccc(OC)cc3)[C@]3(c4ccccc4)C(=O)[C@@]2(c2ccccc2)[C@@H]2C(=O)N(c4ccc(Br)cc4[N+](=O)[O-])C(=O)[C@@H]23)cc1. The topological polar surface area (TPSA) is 116 Å². The van der Waals surface area contributed by atoms with Gasteiger partial charge in [-0.3, -0.25) is 24.5 Å². The van der Waals surface area contributed by atoms with Crippen LogP contribution in [0.3, 0.4) is 0 Å². The zero-order valence-corrected chi connectivity index (χ0v) is 29.0. The summed E-state index contributed by atoms with van der Waals surface area (Å²) in [5, 5.41) is 12.4. The van der Waals surface area contributed by atoms with Crippen LogP contribution >= 0.6 is 15.9 Å². The van der Waals surface area contributed by atoms with Crippen molar-refractivity contribution in [3.8, 4) is 11.5 Å². The van der Waals surface area contributed by atoms with E-state index in [1.807, 2.05) is 84.9 Å². The molecule has 1 aliphatic heterocycles. The molecule has 2 amide bonds. The molecule has 0 radical (unpaired) electrons. The lowest BCUT2D eigenvalue weighted by atomic mass is 9.59. The number of allylic oxidation sites excluding steroid dienone is 2. The number of halogens is 1. The van der Waals surface area contributed by atoms with E-state index in [4.69, 9.17) is 9.47 Å². The Morgan fingerprint density at radius 2 is 1.08 bits per heavy atom. The number of carbonyl (C=O) groups is 3. The number of benzene rings is 5. The van der Waals surface area contributed by atoms with Crippen LogP contribution < -0.4 is 14.4 Å². The van der Waals surface area contributed by atoms with Gasteiger partial charge in [0.25, 0.3) is 5.69 Å². The van der Waals surface area contributed by atoms with Gasteiger partial charge in [-0.1, -0.05) is 101 Å². The van der Waals surface area contributed by atoms with Gasteiger partial charge in [0.1, 0.15) is 17.2 Å². The molecule has 5 aromatic rings. The second kappa shape index (κ2) is 11.9.